The first kappa shape index (κ1) is 17.6. The molecule has 1 amide bonds. The average Bonchev–Trinajstić information content (AvgIpc) is 3.11. The summed E-state index contributed by atoms with van der Waals surface area (Å²) in [6.07, 6.45) is 5.56. The van der Waals surface area contributed by atoms with Crippen LogP contribution in [0.15, 0.2) is 35.1 Å². The second kappa shape index (κ2) is 8.22. The summed E-state index contributed by atoms with van der Waals surface area (Å²) in [5.41, 5.74) is 1.25. The summed E-state index contributed by atoms with van der Waals surface area (Å²) in [5, 5.41) is 16.4. The molecule has 7 heteroatoms. The van der Waals surface area contributed by atoms with E-state index in [0.29, 0.717) is 12.3 Å². The van der Waals surface area contributed by atoms with Crippen LogP contribution in [0.25, 0.3) is 0 Å². The molecule has 0 unspecified atom stereocenters. The van der Waals surface area contributed by atoms with Crippen molar-refractivity contribution in [1.82, 2.24) is 20.4 Å². The first-order chi connectivity index (χ1) is 12.2. The number of amides is 1. The molecule has 2 N–H and O–H groups in total. The first-order valence-electron chi connectivity index (χ1n) is 8.72. The normalized spacial score (nSPS) is 17.4. The predicted octanol–water partition coefficient (Wildman–Crippen LogP) is 1.91. The number of nitrogens with zero attached hydrogens (tertiary/aromatic N) is 3. The van der Waals surface area contributed by atoms with Gasteiger partial charge in [-0.1, -0.05) is 18.1 Å². The zero-order valence-electron chi connectivity index (χ0n) is 14.4. The molecule has 0 spiro atoms. The summed E-state index contributed by atoms with van der Waals surface area (Å²) in [6, 6.07) is 5.38. The molecule has 3 heterocycles. The van der Waals surface area contributed by atoms with Gasteiger partial charge in [0, 0.05) is 31.5 Å². The number of hydrogen-bond acceptors (Lipinski definition) is 6. The third-order valence-corrected chi connectivity index (χ3v) is 4.53. The zero-order chi connectivity index (χ0) is 17.6. The van der Waals surface area contributed by atoms with E-state index in [-0.39, 0.29) is 23.7 Å². The second-order valence-electron chi connectivity index (χ2n) is 6.41. The lowest BCUT2D eigenvalue weighted by Crippen LogP contribution is -2.35. The molecule has 2 aromatic rings. The molecule has 1 fully saturated rings. The van der Waals surface area contributed by atoms with Crippen molar-refractivity contribution >= 4 is 5.91 Å². The molecule has 2 aromatic heterocycles. The lowest BCUT2D eigenvalue weighted by atomic mass is 10.1. The second-order valence-corrected chi connectivity index (χ2v) is 6.41. The van der Waals surface area contributed by atoms with Gasteiger partial charge >= 0.3 is 0 Å². The Morgan fingerprint density at radius 3 is 2.96 bits per heavy atom. The topological polar surface area (TPSA) is 91.5 Å². The van der Waals surface area contributed by atoms with E-state index in [9.17, 15) is 9.90 Å². The lowest BCUT2D eigenvalue weighted by molar-refractivity contribution is 0.0748. The Morgan fingerprint density at radius 1 is 1.48 bits per heavy atom. The van der Waals surface area contributed by atoms with E-state index in [0.717, 1.165) is 37.9 Å². The summed E-state index contributed by atoms with van der Waals surface area (Å²) in [5.74, 6) is 0.413. The standard InChI is InChI=1S/C18H24N4O3/c1-2-16(13-4-3-7-19-11-13)20-18(24)17-10-15(25-21-17)12-22-8-5-14(23)6-9-22/h3-4,7,10-11,14,16,23H,2,5-6,8-9,12H2,1H3,(H,20,24)/t16-/m1/s1. The monoisotopic (exact) mass is 344 g/mol. The summed E-state index contributed by atoms with van der Waals surface area (Å²) in [7, 11) is 0. The van der Waals surface area contributed by atoms with Crippen LogP contribution in [-0.2, 0) is 6.54 Å². The molecule has 1 atom stereocenters. The highest BCUT2D eigenvalue weighted by molar-refractivity contribution is 5.92. The molecular formula is C18H24N4O3. The third kappa shape index (κ3) is 4.64. The van der Waals surface area contributed by atoms with Crippen molar-refractivity contribution in [2.24, 2.45) is 0 Å². The van der Waals surface area contributed by atoms with Crippen LogP contribution in [0.3, 0.4) is 0 Å². The van der Waals surface area contributed by atoms with Crippen molar-refractivity contribution in [3.05, 3.63) is 47.6 Å². The number of pyridine rings is 1. The number of rotatable bonds is 6. The van der Waals surface area contributed by atoms with Crippen molar-refractivity contribution in [1.29, 1.82) is 0 Å². The van der Waals surface area contributed by atoms with Crippen molar-refractivity contribution in [3.63, 3.8) is 0 Å². The van der Waals surface area contributed by atoms with Crippen LogP contribution in [0.4, 0.5) is 0 Å². The minimum absolute atomic E-state index is 0.107. The number of hydrogen-bond donors (Lipinski definition) is 2. The van der Waals surface area contributed by atoms with Gasteiger partial charge in [-0.2, -0.15) is 0 Å². The van der Waals surface area contributed by atoms with E-state index >= 15 is 0 Å². The molecule has 0 aliphatic carbocycles. The average molecular weight is 344 g/mol. The van der Waals surface area contributed by atoms with Crippen molar-refractivity contribution < 1.29 is 14.4 Å². The molecule has 134 valence electrons. The Hall–Kier alpha value is -2.25. The fraction of sp³-hybridized carbons (Fsp3) is 0.500. The maximum absolute atomic E-state index is 12.4. The molecule has 7 nitrogen and oxygen atoms in total. The van der Waals surface area contributed by atoms with E-state index in [1.165, 1.54) is 0 Å². The molecule has 0 saturated carbocycles. The van der Waals surface area contributed by atoms with Crippen LogP contribution < -0.4 is 5.32 Å². The number of piperidine rings is 1. The van der Waals surface area contributed by atoms with Gasteiger partial charge in [0.25, 0.3) is 5.91 Å². The summed E-state index contributed by atoms with van der Waals surface area (Å²) in [4.78, 5) is 18.7. The van der Waals surface area contributed by atoms with Gasteiger partial charge in [-0.3, -0.25) is 14.7 Å². The Labute approximate surface area is 147 Å². The van der Waals surface area contributed by atoms with Gasteiger partial charge < -0.3 is 14.9 Å². The smallest absolute Gasteiger partial charge is 0.273 e. The van der Waals surface area contributed by atoms with Crippen molar-refractivity contribution in [3.8, 4) is 0 Å². The quantitative estimate of drug-likeness (QED) is 0.832. The highest BCUT2D eigenvalue weighted by Gasteiger charge is 2.21. The predicted molar refractivity (Wildman–Crippen MR) is 91.8 cm³/mol. The van der Waals surface area contributed by atoms with Crippen LogP contribution in [0, 0.1) is 0 Å². The van der Waals surface area contributed by atoms with Gasteiger partial charge in [0.15, 0.2) is 11.5 Å². The van der Waals surface area contributed by atoms with E-state index in [2.05, 4.69) is 20.4 Å². The van der Waals surface area contributed by atoms with Crippen LogP contribution in [0.1, 0.15) is 54.0 Å². The lowest BCUT2D eigenvalue weighted by Gasteiger charge is -2.28. The Morgan fingerprint density at radius 2 is 2.28 bits per heavy atom. The number of carbonyl (C=O) groups excluding carboxylic acids is 1. The van der Waals surface area contributed by atoms with E-state index in [1.807, 2.05) is 19.1 Å². The molecule has 0 radical (unpaired) electrons. The molecule has 25 heavy (non-hydrogen) atoms. The summed E-state index contributed by atoms with van der Waals surface area (Å²) < 4.78 is 5.31. The number of aliphatic hydroxyl groups excluding tert-OH is 1. The fourth-order valence-corrected chi connectivity index (χ4v) is 3.03. The SMILES string of the molecule is CC[C@@H](NC(=O)c1cc(CN2CCC(O)CC2)on1)c1cccnc1. The molecule has 0 aromatic carbocycles. The van der Waals surface area contributed by atoms with Crippen molar-refractivity contribution in [2.45, 2.75) is 44.9 Å². The first-order valence-corrected chi connectivity index (χ1v) is 8.72. The number of carbonyl (C=O) groups is 1. The van der Waals surface area contributed by atoms with Crippen LogP contribution >= 0.6 is 0 Å². The van der Waals surface area contributed by atoms with Crippen LogP contribution in [0.2, 0.25) is 0 Å². The number of aliphatic hydroxyl groups is 1. The summed E-state index contributed by atoms with van der Waals surface area (Å²) in [6.45, 7) is 4.26. The molecule has 1 aliphatic rings. The molecule has 0 bridgehead atoms. The van der Waals surface area contributed by atoms with E-state index in [1.54, 1.807) is 18.5 Å². The summed E-state index contributed by atoms with van der Waals surface area (Å²) >= 11 is 0. The van der Waals surface area contributed by atoms with Crippen LogP contribution in [-0.4, -0.2) is 45.2 Å². The zero-order valence-corrected chi connectivity index (χ0v) is 14.4. The largest absolute Gasteiger partial charge is 0.393 e. The van der Waals surface area contributed by atoms with Gasteiger partial charge in [0.1, 0.15) is 0 Å². The fourth-order valence-electron chi connectivity index (χ4n) is 3.03. The van der Waals surface area contributed by atoms with E-state index in [4.69, 9.17) is 4.52 Å². The molecular weight excluding hydrogens is 320 g/mol. The maximum atomic E-state index is 12.4. The van der Waals surface area contributed by atoms with Gasteiger partial charge in [-0.15, -0.1) is 0 Å². The highest BCUT2D eigenvalue weighted by atomic mass is 16.5. The van der Waals surface area contributed by atoms with Gasteiger partial charge in [-0.05, 0) is 30.9 Å². The van der Waals surface area contributed by atoms with Gasteiger partial charge in [-0.25, -0.2) is 0 Å². The third-order valence-electron chi connectivity index (χ3n) is 4.53. The highest BCUT2D eigenvalue weighted by Crippen LogP contribution is 2.17. The number of aromatic nitrogens is 2. The minimum atomic E-state index is -0.250. The van der Waals surface area contributed by atoms with Gasteiger partial charge in [0.2, 0.25) is 0 Å². The Bertz CT molecular complexity index is 681. The Balaban J connectivity index is 1.58. The maximum Gasteiger partial charge on any atom is 0.273 e. The van der Waals surface area contributed by atoms with Crippen molar-refractivity contribution in [2.75, 3.05) is 13.1 Å². The van der Waals surface area contributed by atoms with Crippen LogP contribution in [0.5, 0.6) is 0 Å². The molecule has 3 rings (SSSR count). The number of likely N-dealkylation sites (tertiary alicyclic amines) is 1. The minimum Gasteiger partial charge on any atom is -0.393 e. The molecule has 1 saturated heterocycles. The number of nitrogens with one attached hydrogen (secondary N) is 1. The Kier molecular flexibility index (Phi) is 5.78. The van der Waals surface area contributed by atoms with Gasteiger partial charge in [0.05, 0.1) is 18.7 Å². The van der Waals surface area contributed by atoms with E-state index < -0.39 is 0 Å². The molecule has 1 aliphatic heterocycles.